The topological polar surface area (TPSA) is 81.5 Å². The Morgan fingerprint density at radius 1 is 1.23 bits per heavy atom. The molecule has 0 saturated carbocycles. The molecule has 0 radical (unpaired) electrons. The highest BCUT2D eigenvalue weighted by Crippen LogP contribution is 2.21. The van der Waals surface area contributed by atoms with E-state index in [1.54, 1.807) is 19.1 Å². The molecular weight excluding hydrogens is 284 g/mol. The first-order chi connectivity index (χ1) is 10.6. The van der Waals surface area contributed by atoms with Crippen LogP contribution in [0.25, 0.3) is 0 Å². The Bertz CT molecular complexity index is 658. The number of carbonyl (C=O) groups excluding carboxylic acids is 1. The Morgan fingerprint density at radius 3 is 2.64 bits per heavy atom. The quantitative estimate of drug-likeness (QED) is 0.676. The van der Waals surface area contributed by atoms with Crippen LogP contribution in [0.1, 0.15) is 24.2 Å². The number of amides is 1. The van der Waals surface area contributed by atoms with Crippen LogP contribution in [0.3, 0.4) is 0 Å². The Balaban J connectivity index is 1.91. The monoisotopic (exact) mass is 300 g/mol. The van der Waals surface area contributed by atoms with E-state index in [-0.39, 0.29) is 5.69 Å². The third-order valence-electron chi connectivity index (χ3n) is 3.11. The summed E-state index contributed by atoms with van der Waals surface area (Å²) in [7, 11) is 0. The summed E-state index contributed by atoms with van der Waals surface area (Å²) in [6.45, 7) is 2.03. The molecule has 0 bridgehead atoms. The molecule has 22 heavy (non-hydrogen) atoms. The number of nitrogens with one attached hydrogen (secondary N) is 1. The summed E-state index contributed by atoms with van der Waals surface area (Å²) in [5.74, 6) is 0. The van der Waals surface area contributed by atoms with Crippen molar-refractivity contribution in [3.8, 4) is 0 Å². The summed E-state index contributed by atoms with van der Waals surface area (Å²) in [6, 6.07) is 15.5. The van der Waals surface area contributed by atoms with Crippen LogP contribution in [0.4, 0.5) is 10.5 Å². The van der Waals surface area contributed by atoms with E-state index < -0.39 is 17.1 Å². The molecule has 0 aliphatic rings. The molecule has 0 heterocycles. The van der Waals surface area contributed by atoms with E-state index >= 15 is 0 Å². The van der Waals surface area contributed by atoms with Crippen molar-refractivity contribution in [2.45, 2.75) is 19.6 Å². The molecule has 2 aromatic rings. The van der Waals surface area contributed by atoms with Gasteiger partial charge in [0.05, 0.1) is 4.92 Å². The van der Waals surface area contributed by atoms with E-state index in [1.807, 2.05) is 30.3 Å². The molecule has 0 spiro atoms. The minimum Gasteiger partial charge on any atom is -0.442 e. The molecule has 0 aromatic heterocycles. The van der Waals surface area contributed by atoms with Crippen LogP contribution in [0, 0.1) is 10.1 Å². The predicted molar refractivity (Wildman–Crippen MR) is 81.3 cm³/mol. The van der Waals surface area contributed by atoms with Crippen LogP contribution < -0.4 is 5.32 Å². The van der Waals surface area contributed by atoms with E-state index in [2.05, 4.69) is 5.32 Å². The molecule has 0 aliphatic heterocycles. The van der Waals surface area contributed by atoms with Gasteiger partial charge in [-0.2, -0.15) is 0 Å². The largest absolute Gasteiger partial charge is 0.442 e. The molecule has 6 heteroatoms. The fourth-order valence-electron chi connectivity index (χ4n) is 1.93. The Morgan fingerprint density at radius 2 is 1.95 bits per heavy atom. The van der Waals surface area contributed by atoms with E-state index in [0.29, 0.717) is 12.1 Å². The highest BCUT2D eigenvalue weighted by atomic mass is 16.6. The van der Waals surface area contributed by atoms with E-state index in [4.69, 9.17) is 4.74 Å². The maximum atomic E-state index is 11.8. The van der Waals surface area contributed by atoms with Crippen molar-refractivity contribution >= 4 is 11.8 Å². The van der Waals surface area contributed by atoms with Gasteiger partial charge >= 0.3 is 6.09 Å². The van der Waals surface area contributed by atoms with E-state index in [9.17, 15) is 14.9 Å². The van der Waals surface area contributed by atoms with Crippen molar-refractivity contribution in [3.05, 3.63) is 75.8 Å². The number of alkyl carbamates (subject to hydrolysis) is 1. The Labute approximate surface area is 127 Å². The molecular formula is C16H16N2O4. The maximum absolute atomic E-state index is 11.8. The second-order valence-corrected chi connectivity index (χ2v) is 4.74. The zero-order valence-corrected chi connectivity index (χ0v) is 12.1. The van der Waals surface area contributed by atoms with Gasteiger partial charge in [-0.05, 0) is 18.1 Å². The first kappa shape index (κ1) is 15.5. The van der Waals surface area contributed by atoms with Crippen molar-refractivity contribution in [1.29, 1.82) is 0 Å². The molecule has 0 fully saturated rings. The smallest absolute Gasteiger partial charge is 0.408 e. The SMILES string of the molecule is CC(OC(=O)NCc1ccccc1)c1cccc([N+](=O)[O-])c1. The number of nitro benzene ring substituents is 1. The molecule has 114 valence electrons. The summed E-state index contributed by atoms with van der Waals surface area (Å²) < 4.78 is 5.22. The standard InChI is InChI=1S/C16H16N2O4/c1-12(14-8-5-9-15(10-14)18(20)21)22-16(19)17-11-13-6-3-2-4-7-13/h2-10,12H,11H2,1H3,(H,17,19). The van der Waals surface area contributed by atoms with Gasteiger partial charge in [-0.25, -0.2) is 4.79 Å². The number of ether oxygens (including phenoxy) is 1. The van der Waals surface area contributed by atoms with Gasteiger partial charge in [-0.3, -0.25) is 10.1 Å². The number of carbonyl (C=O) groups is 1. The first-order valence-corrected chi connectivity index (χ1v) is 6.79. The summed E-state index contributed by atoms with van der Waals surface area (Å²) in [4.78, 5) is 22.0. The average molecular weight is 300 g/mol. The lowest BCUT2D eigenvalue weighted by molar-refractivity contribution is -0.385. The summed E-state index contributed by atoms with van der Waals surface area (Å²) in [6.07, 6.45) is -1.14. The zero-order chi connectivity index (χ0) is 15.9. The second-order valence-electron chi connectivity index (χ2n) is 4.74. The number of rotatable bonds is 5. The zero-order valence-electron chi connectivity index (χ0n) is 12.1. The molecule has 1 unspecified atom stereocenters. The third kappa shape index (κ3) is 4.31. The fraction of sp³-hybridized carbons (Fsp3) is 0.188. The van der Waals surface area contributed by atoms with Crippen LogP contribution >= 0.6 is 0 Å². The lowest BCUT2D eigenvalue weighted by Gasteiger charge is -2.14. The van der Waals surface area contributed by atoms with Gasteiger partial charge < -0.3 is 10.1 Å². The Hall–Kier alpha value is -2.89. The lowest BCUT2D eigenvalue weighted by atomic mass is 10.1. The number of hydrogen-bond donors (Lipinski definition) is 1. The van der Waals surface area contributed by atoms with Gasteiger partial charge in [0, 0.05) is 18.7 Å². The van der Waals surface area contributed by atoms with Crippen LogP contribution in [0.15, 0.2) is 54.6 Å². The maximum Gasteiger partial charge on any atom is 0.408 e. The van der Waals surface area contributed by atoms with E-state index in [0.717, 1.165) is 5.56 Å². The van der Waals surface area contributed by atoms with Gasteiger partial charge in [0.1, 0.15) is 6.10 Å². The van der Waals surface area contributed by atoms with Gasteiger partial charge in [-0.1, -0.05) is 42.5 Å². The van der Waals surface area contributed by atoms with Gasteiger partial charge in [0.2, 0.25) is 0 Å². The number of benzene rings is 2. The third-order valence-corrected chi connectivity index (χ3v) is 3.11. The van der Waals surface area contributed by atoms with Crippen molar-refractivity contribution in [2.24, 2.45) is 0 Å². The summed E-state index contributed by atoms with van der Waals surface area (Å²) in [5.41, 5.74) is 1.50. The number of hydrogen-bond acceptors (Lipinski definition) is 4. The summed E-state index contributed by atoms with van der Waals surface area (Å²) >= 11 is 0. The van der Waals surface area contributed by atoms with Crippen molar-refractivity contribution in [3.63, 3.8) is 0 Å². The van der Waals surface area contributed by atoms with Crippen LogP contribution in [0.2, 0.25) is 0 Å². The number of nitro groups is 1. The number of nitrogens with zero attached hydrogens (tertiary/aromatic N) is 1. The van der Waals surface area contributed by atoms with Crippen molar-refractivity contribution in [1.82, 2.24) is 5.32 Å². The fourth-order valence-corrected chi connectivity index (χ4v) is 1.93. The van der Waals surface area contributed by atoms with Crippen molar-refractivity contribution in [2.75, 3.05) is 0 Å². The second kappa shape index (κ2) is 7.21. The highest BCUT2D eigenvalue weighted by molar-refractivity contribution is 5.67. The number of non-ortho nitro benzene ring substituents is 1. The first-order valence-electron chi connectivity index (χ1n) is 6.79. The minimum absolute atomic E-state index is 0.0300. The molecule has 1 N–H and O–H groups in total. The van der Waals surface area contributed by atoms with Crippen LogP contribution in [-0.2, 0) is 11.3 Å². The van der Waals surface area contributed by atoms with E-state index in [1.165, 1.54) is 12.1 Å². The average Bonchev–Trinajstić information content (AvgIpc) is 2.54. The Kier molecular flexibility index (Phi) is 5.08. The molecule has 0 aliphatic carbocycles. The minimum atomic E-state index is -0.573. The molecule has 6 nitrogen and oxygen atoms in total. The van der Waals surface area contributed by atoms with Gasteiger partial charge in [0.25, 0.3) is 5.69 Å². The predicted octanol–water partition coefficient (Wildman–Crippen LogP) is 3.58. The molecule has 2 aromatic carbocycles. The van der Waals surface area contributed by atoms with Crippen molar-refractivity contribution < 1.29 is 14.5 Å². The van der Waals surface area contributed by atoms with Gasteiger partial charge in [-0.15, -0.1) is 0 Å². The molecule has 2 rings (SSSR count). The normalized spacial score (nSPS) is 11.5. The molecule has 1 atom stereocenters. The van der Waals surface area contributed by atoms with Crippen LogP contribution in [-0.4, -0.2) is 11.0 Å². The molecule has 1 amide bonds. The lowest BCUT2D eigenvalue weighted by Crippen LogP contribution is -2.24. The van der Waals surface area contributed by atoms with Gasteiger partial charge in [0.15, 0.2) is 0 Å². The molecule has 0 saturated heterocycles. The highest BCUT2D eigenvalue weighted by Gasteiger charge is 2.14. The summed E-state index contributed by atoms with van der Waals surface area (Å²) in [5, 5.41) is 13.4. The van der Waals surface area contributed by atoms with Crippen LogP contribution in [0.5, 0.6) is 0 Å².